The molecule has 1 aromatic heterocycles. The number of allylic oxidation sites excluding steroid dienone is 1. The second-order valence-corrected chi connectivity index (χ2v) is 7.58. The standard InChI is InChI=1S/C22H23N3O3S/c1-5-11-28-21(27)16-14(4)23-19-18(17(16)15-10-8-7-9-13(15)3)20(26)25-22(24-19)29-12-6-2/h5-10,17H,1-2,11-12H2,3-4H3,(H2,23,24,25,26)/t17-/m1/s1. The number of aromatic nitrogens is 2. The van der Waals surface area contributed by atoms with Gasteiger partial charge in [0.1, 0.15) is 12.4 Å². The molecule has 0 amide bonds. The van der Waals surface area contributed by atoms with Crippen LogP contribution in [0, 0.1) is 6.92 Å². The van der Waals surface area contributed by atoms with Crippen molar-refractivity contribution >= 4 is 23.5 Å². The Balaban J connectivity index is 2.20. The van der Waals surface area contributed by atoms with Gasteiger partial charge in [-0.15, -0.1) is 6.58 Å². The van der Waals surface area contributed by atoms with E-state index in [0.717, 1.165) is 11.1 Å². The molecule has 7 heteroatoms. The Kier molecular flexibility index (Phi) is 6.39. The fourth-order valence-corrected chi connectivity index (χ4v) is 3.94. The SMILES string of the molecule is C=CCOC(=O)C1=C(C)Nc2nc(SCC=C)[nH]c(=O)c2[C@@H]1c1ccccc1C. The van der Waals surface area contributed by atoms with Gasteiger partial charge >= 0.3 is 5.97 Å². The normalized spacial score (nSPS) is 15.3. The van der Waals surface area contributed by atoms with Crippen LogP contribution in [0.3, 0.4) is 0 Å². The topological polar surface area (TPSA) is 84.1 Å². The average Bonchev–Trinajstić information content (AvgIpc) is 2.69. The molecule has 0 aliphatic carbocycles. The predicted molar refractivity (Wildman–Crippen MR) is 116 cm³/mol. The van der Waals surface area contributed by atoms with Crippen LogP contribution in [-0.4, -0.2) is 28.3 Å². The van der Waals surface area contributed by atoms with E-state index in [-0.39, 0.29) is 12.2 Å². The lowest BCUT2D eigenvalue weighted by Crippen LogP contribution is -2.31. The Hall–Kier alpha value is -3.06. The number of H-pyrrole nitrogens is 1. The minimum Gasteiger partial charge on any atom is -0.458 e. The number of benzene rings is 1. The van der Waals surface area contributed by atoms with E-state index < -0.39 is 11.9 Å². The highest BCUT2D eigenvalue weighted by atomic mass is 32.2. The van der Waals surface area contributed by atoms with E-state index in [1.165, 1.54) is 17.8 Å². The second-order valence-electron chi connectivity index (χ2n) is 6.57. The highest BCUT2D eigenvalue weighted by Crippen LogP contribution is 2.41. The minimum absolute atomic E-state index is 0.0920. The molecule has 1 aliphatic rings. The molecule has 150 valence electrons. The van der Waals surface area contributed by atoms with Gasteiger partial charge in [-0.25, -0.2) is 9.78 Å². The largest absolute Gasteiger partial charge is 0.458 e. The van der Waals surface area contributed by atoms with Crippen molar-refractivity contribution in [1.29, 1.82) is 0 Å². The molecule has 0 unspecified atom stereocenters. The van der Waals surface area contributed by atoms with Crippen LogP contribution in [0.2, 0.25) is 0 Å². The number of ether oxygens (including phenoxy) is 1. The molecule has 2 heterocycles. The smallest absolute Gasteiger partial charge is 0.337 e. The van der Waals surface area contributed by atoms with Crippen molar-refractivity contribution in [3.8, 4) is 0 Å². The van der Waals surface area contributed by atoms with Gasteiger partial charge in [0.05, 0.1) is 17.1 Å². The lowest BCUT2D eigenvalue weighted by molar-refractivity contribution is -0.138. The van der Waals surface area contributed by atoms with Crippen LogP contribution in [0.5, 0.6) is 0 Å². The highest BCUT2D eigenvalue weighted by Gasteiger charge is 2.37. The predicted octanol–water partition coefficient (Wildman–Crippen LogP) is 3.92. The first-order valence-electron chi connectivity index (χ1n) is 9.17. The molecule has 2 aromatic rings. The van der Waals surface area contributed by atoms with E-state index in [9.17, 15) is 9.59 Å². The molecule has 1 aromatic carbocycles. The third kappa shape index (κ3) is 4.19. The third-order valence-corrected chi connectivity index (χ3v) is 5.48. The number of rotatable bonds is 7. The first-order chi connectivity index (χ1) is 14.0. The van der Waals surface area contributed by atoms with Gasteiger partial charge in [-0.1, -0.05) is 54.8 Å². The molecule has 0 radical (unpaired) electrons. The molecule has 0 saturated carbocycles. The first-order valence-corrected chi connectivity index (χ1v) is 10.2. The van der Waals surface area contributed by atoms with Crippen LogP contribution in [0.25, 0.3) is 0 Å². The highest BCUT2D eigenvalue weighted by molar-refractivity contribution is 7.99. The molecule has 0 fully saturated rings. The maximum absolute atomic E-state index is 13.1. The minimum atomic E-state index is -0.584. The summed E-state index contributed by atoms with van der Waals surface area (Å²) in [6, 6.07) is 7.69. The zero-order valence-corrected chi connectivity index (χ0v) is 17.3. The number of carbonyl (C=O) groups is 1. The zero-order valence-electron chi connectivity index (χ0n) is 16.5. The quantitative estimate of drug-likeness (QED) is 0.312. The molecule has 29 heavy (non-hydrogen) atoms. The van der Waals surface area contributed by atoms with E-state index in [1.54, 1.807) is 13.0 Å². The second kappa shape index (κ2) is 8.96. The molecule has 3 rings (SSSR count). The summed E-state index contributed by atoms with van der Waals surface area (Å²) >= 11 is 1.38. The average molecular weight is 410 g/mol. The summed E-state index contributed by atoms with van der Waals surface area (Å²) in [5.41, 5.74) is 2.95. The molecule has 2 N–H and O–H groups in total. The van der Waals surface area contributed by atoms with Crippen LogP contribution in [0.15, 0.2) is 70.8 Å². The maximum atomic E-state index is 13.1. The summed E-state index contributed by atoms with van der Waals surface area (Å²) in [5, 5.41) is 3.62. The summed E-state index contributed by atoms with van der Waals surface area (Å²) in [6.45, 7) is 11.1. The van der Waals surface area contributed by atoms with Crippen molar-refractivity contribution in [1.82, 2.24) is 9.97 Å². The fourth-order valence-electron chi connectivity index (χ4n) is 3.34. The van der Waals surface area contributed by atoms with Gasteiger partial charge in [0.15, 0.2) is 5.16 Å². The molecule has 1 aliphatic heterocycles. The van der Waals surface area contributed by atoms with Gasteiger partial charge in [-0.2, -0.15) is 0 Å². The van der Waals surface area contributed by atoms with E-state index in [0.29, 0.717) is 33.6 Å². The molecule has 0 saturated heterocycles. The van der Waals surface area contributed by atoms with E-state index >= 15 is 0 Å². The Labute approximate surface area is 173 Å². The van der Waals surface area contributed by atoms with E-state index in [2.05, 4.69) is 28.4 Å². The fraction of sp³-hybridized carbons (Fsp3) is 0.227. The molecular formula is C22H23N3O3S. The summed E-state index contributed by atoms with van der Waals surface area (Å²) in [5.74, 6) is 0.000736. The van der Waals surface area contributed by atoms with Crippen molar-refractivity contribution < 1.29 is 9.53 Å². The van der Waals surface area contributed by atoms with Crippen LogP contribution in [0.1, 0.15) is 29.5 Å². The van der Waals surface area contributed by atoms with Crippen LogP contribution >= 0.6 is 11.8 Å². The van der Waals surface area contributed by atoms with Crippen LogP contribution < -0.4 is 10.9 Å². The Morgan fingerprint density at radius 2 is 2.03 bits per heavy atom. The summed E-state index contributed by atoms with van der Waals surface area (Å²) in [6.07, 6.45) is 3.25. The van der Waals surface area contributed by atoms with Gasteiger partial charge in [0.2, 0.25) is 0 Å². The number of esters is 1. The number of nitrogens with one attached hydrogen (secondary N) is 2. The van der Waals surface area contributed by atoms with Gasteiger partial charge < -0.3 is 15.0 Å². The van der Waals surface area contributed by atoms with Gasteiger partial charge in [-0.3, -0.25) is 4.79 Å². The molecule has 6 nitrogen and oxygen atoms in total. The number of aryl methyl sites for hydroxylation is 1. The Bertz CT molecular complexity index is 1060. The lowest BCUT2D eigenvalue weighted by Gasteiger charge is -2.29. The van der Waals surface area contributed by atoms with Gasteiger partial charge in [0, 0.05) is 11.4 Å². The summed E-state index contributed by atoms with van der Waals surface area (Å²) in [7, 11) is 0. The Morgan fingerprint density at radius 3 is 2.72 bits per heavy atom. The van der Waals surface area contributed by atoms with E-state index in [1.807, 2.05) is 31.2 Å². The van der Waals surface area contributed by atoms with Crippen molar-refractivity contribution in [2.24, 2.45) is 0 Å². The number of fused-ring (bicyclic) bond motifs is 1. The van der Waals surface area contributed by atoms with Crippen LogP contribution in [-0.2, 0) is 9.53 Å². The number of hydrogen-bond acceptors (Lipinski definition) is 6. The summed E-state index contributed by atoms with van der Waals surface area (Å²) < 4.78 is 5.32. The molecular weight excluding hydrogens is 386 g/mol. The number of nitrogens with zero attached hydrogens (tertiary/aromatic N) is 1. The number of hydrogen-bond donors (Lipinski definition) is 2. The first kappa shape index (κ1) is 20.7. The van der Waals surface area contributed by atoms with Crippen molar-refractivity contribution in [3.05, 3.63) is 87.9 Å². The summed E-state index contributed by atoms with van der Waals surface area (Å²) in [4.78, 5) is 33.3. The third-order valence-electron chi connectivity index (χ3n) is 4.61. The molecule has 1 atom stereocenters. The van der Waals surface area contributed by atoms with Gasteiger partial charge in [0.25, 0.3) is 5.56 Å². The number of aromatic amines is 1. The lowest BCUT2D eigenvalue weighted by atomic mass is 9.80. The van der Waals surface area contributed by atoms with Crippen molar-refractivity contribution in [2.45, 2.75) is 24.9 Å². The van der Waals surface area contributed by atoms with Gasteiger partial charge in [-0.05, 0) is 25.0 Å². The number of carbonyl (C=O) groups excluding carboxylic acids is 1. The Morgan fingerprint density at radius 1 is 1.28 bits per heavy atom. The monoisotopic (exact) mass is 409 g/mol. The van der Waals surface area contributed by atoms with Crippen molar-refractivity contribution in [2.75, 3.05) is 17.7 Å². The van der Waals surface area contributed by atoms with Crippen LogP contribution in [0.4, 0.5) is 5.82 Å². The van der Waals surface area contributed by atoms with E-state index in [4.69, 9.17) is 4.74 Å². The maximum Gasteiger partial charge on any atom is 0.337 e. The molecule has 0 bridgehead atoms. The zero-order chi connectivity index (χ0) is 21.0. The number of thioether (sulfide) groups is 1. The molecule has 0 spiro atoms. The van der Waals surface area contributed by atoms with Crippen molar-refractivity contribution in [3.63, 3.8) is 0 Å². The number of anilines is 1.